The normalized spacial score (nSPS) is 11.8. The van der Waals surface area contributed by atoms with E-state index >= 15 is 0 Å². The molecule has 4 heterocycles. The molecule has 0 atom stereocenters. The summed E-state index contributed by atoms with van der Waals surface area (Å²) in [5.41, 5.74) is 25.6. The minimum absolute atomic E-state index is 0.819. The van der Waals surface area contributed by atoms with Gasteiger partial charge >= 0.3 is 0 Å². The molecule has 6 nitrogen and oxygen atoms in total. The number of nitrogens with zero attached hydrogens (tertiary/aromatic N) is 2. The smallest absolute Gasteiger partial charge is 0.159 e. The lowest BCUT2D eigenvalue weighted by atomic mass is 9.95. The molecule has 0 saturated heterocycles. The van der Waals surface area contributed by atoms with Gasteiger partial charge in [-0.1, -0.05) is 279 Å². The van der Waals surface area contributed by atoms with Gasteiger partial charge in [0, 0.05) is 82.3 Å². The van der Waals surface area contributed by atoms with Crippen LogP contribution in [0.1, 0.15) is 0 Å². The van der Waals surface area contributed by atoms with Gasteiger partial charge in [-0.25, -0.2) is 0 Å². The van der Waals surface area contributed by atoms with Crippen molar-refractivity contribution in [2.24, 2.45) is 0 Å². The van der Waals surface area contributed by atoms with Crippen molar-refractivity contribution in [2.45, 2.75) is 0 Å². The standard InChI is InChI=1S/C98H60N2O4/c1-2-19-67-58-68(47-44-61(67)18-1)65-52-56-73(57-53-65)100(90-36-17-32-84-79-24-7-12-39-93(79)103-98(84)90)88-34-9-4-21-76(88)81-27-15-30-86-85-29-13-25-74(94(85)104-96(81)86)70-49-46-66-45-48-69(59-71(66)60-70)64-42-40-62(41-43-64)63-50-54-72(55-51-63)99(89-35-16-31-83-78-23-6-11-38-92(78)102-97(83)89)87-33-8-3-20-75(87)80-26-14-28-82-77-22-5-10-37-91(77)101-95(80)82/h1-60H. The molecule has 0 aliphatic carbocycles. The zero-order chi connectivity index (χ0) is 68.3. The van der Waals surface area contributed by atoms with Crippen LogP contribution in [0.4, 0.5) is 34.1 Å². The molecule has 0 fully saturated rings. The quantitative estimate of drug-likeness (QED) is 0.121. The summed E-state index contributed by atoms with van der Waals surface area (Å²) in [6, 6.07) is 130. The molecule has 0 spiro atoms. The third kappa shape index (κ3) is 9.65. The molecular weight excluding hydrogens is 1270 g/mol. The maximum Gasteiger partial charge on any atom is 0.159 e. The molecule has 0 aliphatic rings. The molecule has 0 N–H and O–H groups in total. The number of hydrogen-bond donors (Lipinski definition) is 0. The van der Waals surface area contributed by atoms with Crippen molar-refractivity contribution in [1.29, 1.82) is 0 Å². The SMILES string of the molecule is c1ccc(N(c2ccc(-c3ccc(-c4ccc5ccc(-c6cccc7c6oc6c(-c8ccccc8N(c8ccc(-c9ccc%10ccccc%10c9)cc8)c8cccc9c8oc8ccccc89)cccc67)cc5c4)cc3)cc2)c2cccc3c2oc2ccccc23)c(-c2cccc3c2oc2ccccc23)c1. The average Bonchev–Trinajstić information content (AvgIpc) is 1.51. The Morgan fingerprint density at radius 3 is 0.971 bits per heavy atom. The first-order chi connectivity index (χ1) is 51.5. The third-order valence-corrected chi connectivity index (χ3v) is 21.1. The molecule has 0 radical (unpaired) electrons. The summed E-state index contributed by atoms with van der Waals surface area (Å²) in [4.78, 5) is 4.68. The predicted molar refractivity (Wildman–Crippen MR) is 433 cm³/mol. The Kier molecular flexibility index (Phi) is 13.5. The Balaban J connectivity index is 0.613. The second kappa shape index (κ2) is 23.9. The van der Waals surface area contributed by atoms with Crippen molar-refractivity contribution in [3.05, 3.63) is 364 Å². The fourth-order valence-corrected chi connectivity index (χ4v) is 16.1. The lowest BCUT2D eigenvalue weighted by molar-refractivity contribution is 0.668. The van der Waals surface area contributed by atoms with Crippen molar-refractivity contribution in [3.63, 3.8) is 0 Å². The number of benzene rings is 17. The van der Waals surface area contributed by atoms with Gasteiger partial charge in [0.05, 0.1) is 22.7 Å². The summed E-state index contributed by atoms with van der Waals surface area (Å²) in [6.45, 7) is 0. The van der Waals surface area contributed by atoms with E-state index in [0.29, 0.717) is 0 Å². The third-order valence-electron chi connectivity index (χ3n) is 21.1. The van der Waals surface area contributed by atoms with Gasteiger partial charge in [-0.15, -0.1) is 0 Å². The van der Waals surface area contributed by atoms with Crippen molar-refractivity contribution < 1.29 is 17.7 Å². The fourth-order valence-electron chi connectivity index (χ4n) is 16.1. The van der Waals surface area contributed by atoms with Crippen LogP contribution in [0.25, 0.3) is 176 Å². The van der Waals surface area contributed by atoms with E-state index in [2.05, 4.69) is 343 Å². The zero-order valence-corrected chi connectivity index (χ0v) is 56.2. The Hall–Kier alpha value is -13.9. The highest BCUT2D eigenvalue weighted by molar-refractivity contribution is 6.17. The van der Waals surface area contributed by atoms with E-state index in [1.54, 1.807) is 0 Å². The number of anilines is 6. The predicted octanol–water partition coefficient (Wildman–Crippen LogP) is 28.5. The van der Waals surface area contributed by atoms with Crippen LogP contribution in [0.5, 0.6) is 0 Å². The van der Waals surface area contributed by atoms with Gasteiger partial charge in [-0.3, -0.25) is 0 Å². The number of hydrogen-bond acceptors (Lipinski definition) is 6. The first-order valence-corrected chi connectivity index (χ1v) is 35.3. The van der Waals surface area contributed by atoms with Gasteiger partial charge in [-0.05, 0) is 145 Å². The molecule has 21 aromatic rings. The minimum atomic E-state index is 0.819. The van der Waals surface area contributed by atoms with E-state index in [-0.39, 0.29) is 0 Å². The minimum Gasteiger partial charge on any atom is -0.455 e. The molecule has 0 aliphatic heterocycles. The summed E-state index contributed by atoms with van der Waals surface area (Å²) in [5, 5.41) is 13.3. The van der Waals surface area contributed by atoms with Crippen molar-refractivity contribution in [2.75, 3.05) is 9.80 Å². The highest BCUT2D eigenvalue weighted by Crippen LogP contribution is 2.51. The summed E-state index contributed by atoms with van der Waals surface area (Å²) >= 11 is 0. The Bertz CT molecular complexity index is 6990. The molecule has 0 bridgehead atoms. The van der Waals surface area contributed by atoms with Gasteiger partial charge in [-0.2, -0.15) is 0 Å². The van der Waals surface area contributed by atoms with Crippen LogP contribution in [-0.4, -0.2) is 0 Å². The molecule has 0 unspecified atom stereocenters. The molecule has 4 aromatic heterocycles. The molecule has 0 amide bonds. The van der Waals surface area contributed by atoms with Crippen molar-refractivity contribution >= 4 is 143 Å². The molecule has 21 rings (SSSR count). The molecule has 486 valence electrons. The Morgan fingerprint density at radius 2 is 0.462 bits per heavy atom. The lowest BCUT2D eigenvalue weighted by Crippen LogP contribution is -2.11. The van der Waals surface area contributed by atoms with Gasteiger partial charge in [0.25, 0.3) is 0 Å². The highest BCUT2D eigenvalue weighted by Gasteiger charge is 2.27. The first kappa shape index (κ1) is 59.0. The first-order valence-electron chi connectivity index (χ1n) is 35.3. The van der Waals surface area contributed by atoms with Crippen LogP contribution >= 0.6 is 0 Å². The number of furan rings is 4. The summed E-state index contributed by atoms with van der Waals surface area (Å²) in [5.74, 6) is 0. The summed E-state index contributed by atoms with van der Waals surface area (Å²) < 4.78 is 27.6. The lowest BCUT2D eigenvalue weighted by Gasteiger charge is -2.28. The number of fused-ring (bicyclic) bond motifs is 14. The van der Waals surface area contributed by atoms with Crippen LogP contribution in [0.15, 0.2) is 382 Å². The largest absolute Gasteiger partial charge is 0.455 e. The molecule has 6 heteroatoms. The average molecular weight is 1330 g/mol. The zero-order valence-electron chi connectivity index (χ0n) is 56.2. The van der Waals surface area contributed by atoms with Crippen molar-refractivity contribution in [1.82, 2.24) is 0 Å². The molecule has 0 saturated carbocycles. The van der Waals surface area contributed by atoms with Crippen LogP contribution < -0.4 is 9.80 Å². The monoisotopic (exact) mass is 1330 g/mol. The second-order valence-corrected chi connectivity index (χ2v) is 27.0. The van der Waals surface area contributed by atoms with Gasteiger partial charge in [0.1, 0.15) is 33.5 Å². The molecule has 17 aromatic carbocycles. The van der Waals surface area contributed by atoms with Crippen LogP contribution in [0.3, 0.4) is 0 Å². The highest BCUT2D eigenvalue weighted by atomic mass is 16.3. The summed E-state index contributed by atoms with van der Waals surface area (Å²) in [6.07, 6.45) is 0. The maximum absolute atomic E-state index is 7.31. The molecular formula is C98H60N2O4. The van der Waals surface area contributed by atoms with Crippen LogP contribution in [0, 0.1) is 0 Å². The van der Waals surface area contributed by atoms with E-state index in [0.717, 1.165) is 194 Å². The van der Waals surface area contributed by atoms with E-state index in [1.807, 2.05) is 30.3 Å². The Labute approximate surface area is 598 Å². The second-order valence-electron chi connectivity index (χ2n) is 27.0. The fraction of sp³-hybridized carbons (Fsp3) is 0. The van der Waals surface area contributed by atoms with Gasteiger partial charge in [0.2, 0.25) is 0 Å². The molecule has 104 heavy (non-hydrogen) atoms. The maximum atomic E-state index is 7.31. The van der Waals surface area contributed by atoms with E-state index in [9.17, 15) is 0 Å². The van der Waals surface area contributed by atoms with Gasteiger partial charge in [0.15, 0.2) is 11.2 Å². The summed E-state index contributed by atoms with van der Waals surface area (Å²) in [7, 11) is 0. The van der Waals surface area contributed by atoms with Gasteiger partial charge < -0.3 is 27.5 Å². The van der Waals surface area contributed by atoms with E-state index < -0.39 is 0 Å². The van der Waals surface area contributed by atoms with Crippen LogP contribution in [-0.2, 0) is 0 Å². The number of para-hydroxylation sites is 10. The van der Waals surface area contributed by atoms with E-state index in [1.165, 1.54) is 16.3 Å². The van der Waals surface area contributed by atoms with Crippen LogP contribution in [0.2, 0.25) is 0 Å². The van der Waals surface area contributed by atoms with E-state index in [4.69, 9.17) is 17.7 Å². The number of rotatable bonds is 12. The van der Waals surface area contributed by atoms with Crippen molar-refractivity contribution in [3.8, 4) is 66.8 Å². The topological polar surface area (TPSA) is 59.0 Å². The Morgan fingerprint density at radius 1 is 0.163 bits per heavy atom.